The molecule has 1 atom stereocenters. The lowest BCUT2D eigenvalue weighted by Gasteiger charge is -2.26. The van der Waals surface area contributed by atoms with Crippen LogP contribution < -0.4 is 5.32 Å². The second kappa shape index (κ2) is 6.78. The van der Waals surface area contributed by atoms with E-state index in [0.717, 1.165) is 25.0 Å². The number of hydrogen-bond donors (Lipinski definition) is 1. The van der Waals surface area contributed by atoms with Gasteiger partial charge in [0.1, 0.15) is 5.82 Å². The fourth-order valence-corrected chi connectivity index (χ4v) is 4.21. The molecule has 1 N–H and O–H groups in total. The average molecular weight is 356 g/mol. The number of halogens is 1. The van der Waals surface area contributed by atoms with Gasteiger partial charge < -0.3 is 10.1 Å². The Morgan fingerprint density at radius 1 is 1.33 bits per heavy atom. The average Bonchev–Trinajstić information content (AvgIpc) is 3.40. The molecule has 6 nitrogen and oxygen atoms in total. The number of ether oxygens (including phenoxy) is 1. The highest BCUT2D eigenvalue weighted by Gasteiger charge is 2.31. The quantitative estimate of drug-likeness (QED) is 0.865. The van der Waals surface area contributed by atoms with Gasteiger partial charge >= 0.3 is 0 Å². The molecule has 1 amide bonds. The van der Waals surface area contributed by atoms with Gasteiger partial charge in [-0.05, 0) is 43.9 Å². The van der Waals surface area contributed by atoms with Gasteiger partial charge in [-0.1, -0.05) is 0 Å². The molecule has 1 aromatic carbocycles. The summed E-state index contributed by atoms with van der Waals surface area (Å²) in [5, 5.41) is 2.75. The maximum absolute atomic E-state index is 14.0. The lowest BCUT2D eigenvalue weighted by Crippen LogP contribution is -2.40. The van der Waals surface area contributed by atoms with E-state index >= 15 is 0 Å². The molecule has 1 saturated carbocycles. The van der Waals surface area contributed by atoms with E-state index in [2.05, 4.69) is 5.32 Å². The van der Waals surface area contributed by atoms with E-state index in [1.54, 1.807) is 0 Å². The molecule has 1 aromatic rings. The van der Waals surface area contributed by atoms with Crippen LogP contribution in [-0.4, -0.2) is 51.0 Å². The van der Waals surface area contributed by atoms with Crippen molar-refractivity contribution in [1.29, 1.82) is 0 Å². The largest absolute Gasteiger partial charge is 0.379 e. The molecule has 1 unspecified atom stereocenters. The zero-order valence-electron chi connectivity index (χ0n) is 13.5. The molecule has 1 aliphatic carbocycles. The SMILES string of the molecule is CC(NC(=O)c1cc(S(=O)(=O)N2CCOCC2)ccc1F)C1CC1. The normalized spacial score (nSPS) is 20.6. The zero-order chi connectivity index (χ0) is 17.3. The molecular formula is C16H21FN2O4S. The highest BCUT2D eigenvalue weighted by Crippen LogP contribution is 2.32. The number of nitrogens with zero attached hydrogens (tertiary/aromatic N) is 1. The van der Waals surface area contributed by atoms with Crippen LogP contribution in [0.2, 0.25) is 0 Å². The lowest BCUT2D eigenvalue weighted by atomic mass is 10.1. The van der Waals surface area contributed by atoms with Gasteiger partial charge in [-0.15, -0.1) is 0 Å². The number of rotatable bonds is 5. The predicted octanol–water partition coefficient (Wildman–Crippen LogP) is 1.37. The van der Waals surface area contributed by atoms with E-state index in [1.807, 2.05) is 6.92 Å². The molecule has 24 heavy (non-hydrogen) atoms. The van der Waals surface area contributed by atoms with Crippen molar-refractivity contribution in [2.45, 2.75) is 30.7 Å². The number of hydrogen-bond acceptors (Lipinski definition) is 4. The number of carbonyl (C=O) groups is 1. The highest BCUT2D eigenvalue weighted by atomic mass is 32.2. The molecule has 2 aliphatic rings. The third-order valence-corrected chi connectivity index (χ3v) is 6.37. The number of benzene rings is 1. The van der Waals surface area contributed by atoms with Crippen LogP contribution in [0.1, 0.15) is 30.1 Å². The monoisotopic (exact) mass is 356 g/mol. The molecule has 2 fully saturated rings. The van der Waals surface area contributed by atoms with Crippen molar-refractivity contribution >= 4 is 15.9 Å². The van der Waals surface area contributed by atoms with Gasteiger partial charge in [0, 0.05) is 19.1 Å². The Morgan fingerprint density at radius 3 is 2.62 bits per heavy atom. The Hall–Kier alpha value is -1.51. The van der Waals surface area contributed by atoms with Crippen LogP contribution in [0.3, 0.4) is 0 Å². The van der Waals surface area contributed by atoms with E-state index < -0.39 is 21.7 Å². The minimum Gasteiger partial charge on any atom is -0.379 e. The molecule has 1 saturated heterocycles. The lowest BCUT2D eigenvalue weighted by molar-refractivity contribution is 0.0730. The Kier molecular flexibility index (Phi) is 4.89. The molecule has 0 spiro atoms. The van der Waals surface area contributed by atoms with Crippen molar-refractivity contribution in [1.82, 2.24) is 9.62 Å². The Labute approximate surface area is 141 Å². The smallest absolute Gasteiger partial charge is 0.254 e. The number of sulfonamides is 1. The first-order valence-electron chi connectivity index (χ1n) is 8.08. The first-order chi connectivity index (χ1) is 11.4. The van der Waals surface area contributed by atoms with Gasteiger partial charge in [0.25, 0.3) is 5.91 Å². The summed E-state index contributed by atoms with van der Waals surface area (Å²) in [5.74, 6) is -0.875. The first-order valence-corrected chi connectivity index (χ1v) is 9.52. The van der Waals surface area contributed by atoms with Gasteiger partial charge in [-0.3, -0.25) is 4.79 Å². The third-order valence-electron chi connectivity index (χ3n) is 4.48. The summed E-state index contributed by atoms with van der Waals surface area (Å²) in [7, 11) is -3.76. The second-order valence-electron chi connectivity index (χ2n) is 6.26. The van der Waals surface area contributed by atoms with Gasteiger partial charge in [0.15, 0.2) is 0 Å². The minimum atomic E-state index is -3.76. The zero-order valence-corrected chi connectivity index (χ0v) is 14.3. The summed E-state index contributed by atoms with van der Waals surface area (Å²) in [6.45, 7) is 3.03. The molecule has 132 valence electrons. The van der Waals surface area contributed by atoms with Crippen molar-refractivity contribution in [2.75, 3.05) is 26.3 Å². The van der Waals surface area contributed by atoms with Crippen LogP contribution in [0.4, 0.5) is 4.39 Å². The van der Waals surface area contributed by atoms with Crippen LogP contribution >= 0.6 is 0 Å². The fraction of sp³-hybridized carbons (Fsp3) is 0.562. The fourth-order valence-electron chi connectivity index (χ4n) is 2.77. The van der Waals surface area contributed by atoms with Crippen molar-refractivity contribution in [3.63, 3.8) is 0 Å². The van der Waals surface area contributed by atoms with Crippen LogP contribution in [0.25, 0.3) is 0 Å². The predicted molar refractivity (Wildman–Crippen MR) is 85.6 cm³/mol. The van der Waals surface area contributed by atoms with Crippen LogP contribution in [0.5, 0.6) is 0 Å². The summed E-state index contributed by atoms with van der Waals surface area (Å²) in [6.07, 6.45) is 2.10. The van der Waals surface area contributed by atoms with Crippen LogP contribution in [0.15, 0.2) is 23.1 Å². The van der Waals surface area contributed by atoms with Crippen molar-refractivity contribution in [3.8, 4) is 0 Å². The number of amides is 1. The summed E-state index contributed by atoms with van der Waals surface area (Å²) in [4.78, 5) is 12.2. The molecular weight excluding hydrogens is 335 g/mol. The van der Waals surface area contributed by atoms with Crippen molar-refractivity contribution in [2.24, 2.45) is 5.92 Å². The van der Waals surface area contributed by atoms with E-state index in [1.165, 1.54) is 10.4 Å². The molecule has 1 heterocycles. The summed E-state index contributed by atoms with van der Waals surface area (Å²) < 4.78 is 45.7. The summed E-state index contributed by atoms with van der Waals surface area (Å²) in [5.41, 5.74) is -0.239. The Bertz CT molecular complexity index is 728. The summed E-state index contributed by atoms with van der Waals surface area (Å²) >= 11 is 0. The first kappa shape index (κ1) is 17.3. The second-order valence-corrected chi connectivity index (χ2v) is 8.20. The Morgan fingerprint density at radius 2 is 2.00 bits per heavy atom. The maximum Gasteiger partial charge on any atom is 0.254 e. The maximum atomic E-state index is 14.0. The Balaban J connectivity index is 1.83. The highest BCUT2D eigenvalue weighted by molar-refractivity contribution is 7.89. The molecule has 0 radical (unpaired) electrons. The molecule has 3 rings (SSSR count). The van der Waals surface area contributed by atoms with Gasteiger partial charge in [-0.25, -0.2) is 12.8 Å². The van der Waals surface area contributed by atoms with Crippen LogP contribution in [-0.2, 0) is 14.8 Å². The van der Waals surface area contributed by atoms with Crippen molar-refractivity contribution in [3.05, 3.63) is 29.6 Å². The van der Waals surface area contributed by atoms with E-state index in [4.69, 9.17) is 4.74 Å². The third kappa shape index (κ3) is 3.60. The van der Waals surface area contributed by atoms with E-state index in [0.29, 0.717) is 19.1 Å². The topological polar surface area (TPSA) is 75.7 Å². The van der Waals surface area contributed by atoms with Gasteiger partial charge in [-0.2, -0.15) is 4.31 Å². The van der Waals surface area contributed by atoms with Crippen LogP contribution in [0, 0.1) is 11.7 Å². The minimum absolute atomic E-state index is 0.0450. The van der Waals surface area contributed by atoms with Gasteiger partial charge in [0.2, 0.25) is 10.0 Å². The standard InChI is InChI=1S/C16H21FN2O4S/c1-11(12-2-3-12)18-16(20)14-10-13(4-5-15(14)17)24(21,22)19-6-8-23-9-7-19/h4-5,10-12H,2-3,6-9H2,1H3,(H,18,20). The molecule has 8 heteroatoms. The summed E-state index contributed by atoms with van der Waals surface area (Å²) in [6, 6.07) is 3.30. The molecule has 1 aliphatic heterocycles. The van der Waals surface area contributed by atoms with E-state index in [-0.39, 0.29) is 29.6 Å². The number of nitrogens with one attached hydrogen (secondary N) is 1. The van der Waals surface area contributed by atoms with Gasteiger partial charge in [0.05, 0.1) is 23.7 Å². The van der Waals surface area contributed by atoms with Crippen molar-refractivity contribution < 1.29 is 22.3 Å². The van der Waals surface area contributed by atoms with E-state index in [9.17, 15) is 17.6 Å². The molecule has 0 bridgehead atoms. The number of morpholine rings is 1. The molecule has 0 aromatic heterocycles. The number of carbonyl (C=O) groups excluding carboxylic acids is 1.